The van der Waals surface area contributed by atoms with Crippen molar-refractivity contribution in [1.29, 1.82) is 0 Å². The van der Waals surface area contributed by atoms with Crippen molar-refractivity contribution in [2.24, 2.45) is 0 Å². The Bertz CT molecular complexity index is 1320. The summed E-state index contributed by atoms with van der Waals surface area (Å²) in [6, 6.07) is 20.3. The summed E-state index contributed by atoms with van der Waals surface area (Å²) in [7, 11) is 0. The van der Waals surface area contributed by atoms with E-state index in [4.69, 9.17) is 5.11 Å². The number of hydrogen-bond donors (Lipinski definition) is 1. The van der Waals surface area contributed by atoms with Gasteiger partial charge in [0.1, 0.15) is 0 Å². The summed E-state index contributed by atoms with van der Waals surface area (Å²) >= 11 is 0. The monoisotopic (exact) mass is 619 g/mol. The molecule has 0 bridgehead atoms. The number of benzene rings is 3. The summed E-state index contributed by atoms with van der Waals surface area (Å²) in [6.07, 6.45) is 1.17. The number of carbonyl (C=O) groups is 1. The van der Waals surface area contributed by atoms with E-state index in [1.807, 2.05) is 19.1 Å². The first-order valence-corrected chi connectivity index (χ1v) is 10.5. The van der Waals surface area contributed by atoms with Crippen LogP contribution in [0.3, 0.4) is 0 Å². The Morgan fingerprint density at radius 3 is 2.27 bits per heavy atom. The topological polar surface area (TPSA) is 76.0 Å². The van der Waals surface area contributed by atoms with E-state index < -0.39 is 0 Å². The van der Waals surface area contributed by atoms with Crippen LogP contribution in [-0.2, 0) is 30.3 Å². The molecule has 0 aliphatic carbocycles. The number of fused-ring (bicyclic) bond motifs is 2. The molecule has 1 heterocycles. The molecule has 173 valence electrons. The first-order valence-electron chi connectivity index (χ1n) is 10.5. The predicted octanol–water partition coefficient (Wildman–Crippen LogP) is 6.29. The molecular weight excluding hydrogens is 591 g/mol. The first-order chi connectivity index (χ1) is 15.1. The number of allylic oxidation sites excluding steroid dienone is 2. The van der Waals surface area contributed by atoms with E-state index in [-0.39, 0.29) is 37.1 Å². The molecule has 1 aromatic heterocycles. The van der Waals surface area contributed by atoms with E-state index in [1.54, 1.807) is 0 Å². The smallest absolute Gasteiger partial charge is 0.155 e. The van der Waals surface area contributed by atoms with Gasteiger partial charge in [-0.15, -0.1) is 34.2 Å². The number of rotatable bonds is 2. The summed E-state index contributed by atoms with van der Waals surface area (Å²) in [5.41, 5.74) is 5.11. The summed E-state index contributed by atoms with van der Waals surface area (Å²) in [6.45, 7) is 11.6. The number of carbonyl (C=O) groups excluding carboxylic acids is 1. The Morgan fingerprint density at radius 2 is 1.67 bits per heavy atom. The number of aryl methyl sites for hydroxylation is 1. The van der Waals surface area contributed by atoms with E-state index in [0.717, 1.165) is 33.1 Å². The average molecular weight is 619 g/mol. The average Bonchev–Trinajstić information content (AvgIpc) is 2.71. The number of aliphatic hydroxyl groups excluding tert-OH is 1. The van der Waals surface area contributed by atoms with Crippen LogP contribution in [0, 0.1) is 13.0 Å². The third-order valence-electron chi connectivity index (χ3n) is 5.03. The van der Waals surface area contributed by atoms with Crippen LogP contribution >= 0.6 is 0 Å². The van der Waals surface area contributed by atoms with Gasteiger partial charge in [-0.05, 0) is 37.1 Å². The summed E-state index contributed by atoms with van der Waals surface area (Å²) in [4.78, 5) is 10.0. The number of ketones is 1. The molecule has 4 aromatic rings. The minimum atomic E-state index is -0.125. The molecule has 6 heteroatoms. The van der Waals surface area contributed by atoms with Crippen LogP contribution in [-0.4, -0.2) is 26.3 Å². The Kier molecular flexibility index (Phi) is 8.59. The molecule has 4 rings (SSSR count). The van der Waals surface area contributed by atoms with Crippen molar-refractivity contribution >= 4 is 27.5 Å². The SMILES string of the molecule is CC(=O)/C=C(/C)O.Cc1cccc2c(-c3[c-]c4ccccc4c(C(C)(C)C)c3)nnnc12.[Ir]. The minimum absolute atomic E-state index is 0. The van der Waals surface area contributed by atoms with Crippen molar-refractivity contribution in [3.63, 3.8) is 0 Å². The van der Waals surface area contributed by atoms with Gasteiger partial charge >= 0.3 is 0 Å². The summed E-state index contributed by atoms with van der Waals surface area (Å²) in [5.74, 6) is -0.0625. The van der Waals surface area contributed by atoms with Gasteiger partial charge in [-0.2, -0.15) is 5.10 Å². The van der Waals surface area contributed by atoms with Crippen molar-refractivity contribution in [1.82, 2.24) is 15.4 Å². The van der Waals surface area contributed by atoms with Gasteiger partial charge in [0.25, 0.3) is 0 Å². The van der Waals surface area contributed by atoms with Gasteiger partial charge in [0, 0.05) is 31.9 Å². The van der Waals surface area contributed by atoms with Crippen molar-refractivity contribution in [3.8, 4) is 11.3 Å². The van der Waals surface area contributed by atoms with E-state index in [1.165, 1.54) is 30.9 Å². The maximum atomic E-state index is 10.0. The van der Waals surface area contributed by atoms with Gasteiger partial charge in [-0.25, -0.2) is 0 Å². The molecule has 0 spiro atoms. The molecule has 5 nitrogen and oxygen atoms in total. The van der Waals surface area contributed by atoms with E-state index in [2.05, 4.69) is 78.6 Å². The van der Waals surface area contributed by atoms with E-state index >= 15 is 0 Å². The number of hydrogen-bond acceptors (Lipinski definition) is 5. The maximum absolute atomic E-state index is 10.0. The molecule has 0 amide bonds. The van der Waals surface area contributed by atoms with Crippen LogP contribution in [0.25, 0.3) is 32.9 Å². The van der Waals surface area contributed by atoms with Crippen molar-refractivity contribution in [2.75, 3.05) is 0 Å². The fraction of sp³-hybridized carbons (Fsp3) is 0.259. The number of nitrogens with zero attached hydrogens (tertiary/aromatic N) is 3. The fourth-order valence-corrected chi connectivity index (χ4v) is 3.62. The number of aliphatic hydroxyl groups is 1. The van der Waals surface area contributed by atoms with Crippen LogP contribution in [0.2, 0.25) is 0 Å². The van der Waals surface area contributed by atoms with Gasteiger partial charge in [0.05, 0.1) is 11.3 Å². The second-order valence-corrected chi connectivity index (χ2v) is 8.90. The van der Waals surface area contributed by atoms with Crippen LogP contribution in [0.4, 0.5) is 0 Å². The summed E-state index contributed by atoms with van der Waals surface area (Å²) in [5, 5.41) is 24.3. The van der Waals surface area contributed by atoms with Crippen molar-refractivity contribution < 1.29 is 30.0 Å². The Balaban J connectivity index is 0.000000423. The van der Waals surface area contributed by atoms with E-state index in [0.29, 0.717) is 0 Å². The molecule has 0 fully saturated rings. The first kappa shape index (κ1) is 26.3. The molecular formula is C27H28IrN3O2-. The zero-order chi connectivity index (χ0) is 23.5. The second kappa shape index (κ2) is 10.8. The maximum Gasteiger partial charge on any atom is 0.155 e. The molecule has 3 aromatic carbocycles. The minimum Gasteiger partial charge on any atom is -0.512 e. The molecule has 0 aliphatic heterocycles. The van der Waals surface area contributed by atoms with E-state index in [9.17, 15) is 4.79 Å². The molecule has 0 atom stereocenters. The van der Waals surface area contributed by atoms with Crippen LogP contribution in [0.1, 0.15) is 45.7 Å². The van der Waals surface area contributed by atoms with Crippen molar-refractivity contribution in [2.45, 2.75) is 47.0 Å². The van der Waals surface area contributed by atoms with Gasteiger partial charge in [0.15, 0.2) is 5.78 Å². The van der Waals surface area contributed by atoms with Crippen LogP contribution in [0.5, 0.6) is 0 Å². The molecule has 0 saturated heterocycles. The zero-order valence-corrected chi connectivity index (χ0v) is 22.1. The Morgan fingerprint density at radius 1 is 1.00 bits per heavy atom. The third-order valence-corrected chi connectivity index (χ3v) is 5.03. The van der Waals surface area contributed by atoms with Crippen LogP contribution in [0.15, 0.2) is 60.4 Å². The number of aromatic nitrogens is 3. The molecule has 33 heavy (non-hydrogen) atoms. The van der Waals surface area contributed by atoms with Crippen LogP contribution < -0.4 is 0 Å². The second-order valence-electron chi connectivity index (χ2n) is 8.90. The fourth-order valence-electron chi connectivity index (χ4n) is 3.62. The quantitative estimate of drug-likeness (QED) is 0.163. The van der Waals surface area contributed by atoms with Gasteiger partial charge in [0.2, 0.25) is 0 Å². The largest absolute Gasteiger partial charge is 0.512 e. The normalized spacial score (nSPS) is 11.5. The summed E-state index contributed by atoms with van der Waals surface area (Å²) < 4.78 is 0. The van der Waals surface area contributed by atoms with Gasteiger partial charge in [-0.1, -0.05) is 73.3 Å². The molecule has 1 radical (unpaired) electrons. The van der Waals surface area contributed by atoms with Gasteiger partial charge < -0.3 is 5.11 Å². The zero-order valence-electron chi connectivity index (χ0n) is 19.7. The molecule has 1 N–H and O–H groups in total. The molecule has 0 saturated carbocycles. The Labute approximate surface area is 208 Å². The van der Waals surface area contributed by atoms with Crippen molar-refractivity contribution in [3.05, 3.63) is 77.6 Å². The predicted molar refractivity (Wildman–Crippen MR) is 130 cm³/mol. The molecule has 0 aliphatic rings. The standard InChI is InChI=1S/C22H20N3.C5H8O2.Ir/c1-14-8-7-11-18-20(14)23-25-24-21(18)16-12-15-9-5-6-10-17(15)19(13-16)22(2,3)4;1-4(6)3-5(2)7;/h5-11,13H,1-4H3;3,6H,1-2H3;/q-1;;/b;4-3-;. The third kappa shape index (κ3) is 6.31. The van der Waals surface area contributed by atoms with Gasteiger partial charge in [-0.3, -0.25) is 4.79 Å². The molecule has 0 unspecified atom stereocenters. The Hall–Kier alpha value is -2.95.